The van der Waals surface area contributed by atoms with Gasteiger partial charge in [0, 0.05) is 19.2 Å². The average molecular weight is 420 g/mol. The Bertz CT molecular complexity index is 1000. The van der Waals surface area contributed by atoms with Crippen molar-refractivity contribution in [2.75, 3.05) is 43.3 Å². The van der Waals surface area contributed by atoms with E-state index in [9.17, 15) is 0 Å². The van der Waals surface area contributed by atoms with Crippen molar-refractivity contribution in [3.8, 4) is 11.5 Å². The molecule has 0 radical (unpaired) electrons. The monoisotopic (exact) mass is 419 g/mol. The molecule has 1 fully saturated rings. The third kappa shape index (κ3) is 4.82. The van der Waals surface area contributed by atoms with Crippen molar-refractivity contribution in [3.63, 3.8) is 0 Å². The van der Waals surface area contributed by atoms with Crippen molar-refractivity contribution in [1.82, 2.24) is 9.97 Å². The molecule has 2 heterocycles. The normalized spacial score (nSPS) is 14.3. The van der Waals surface area contributed by atoms with Crippen molar-refractivity contribution in [1.29, 1.82) is 0 Å². The van der Waals surface area contributed by atoms with E-state index in [1.54, 1.807) is 20.5 Å². The fourth-order valence-electron chi connectivity index (χ4n) is 4.06. The number of nitrogens with two attached hydrogens (primary N) is 1. The summed E-state index contributed by atoms with van der Waals surface area (Å²) < 4.78 is 10.7. The van der Waals surface area contributed by atoms with E-state index in [2.05, 4.69) is 50.5 Å². The van der Waals surface area contributed by atoms with E-state index in [0.29, 0.717) is 23.2 Å². The van der Waals surface area contributed by atoms with Gasteiger partial charge in [0.25, 0.3) is 0 Å². The highest BCUT2D eigenvalue weighted by Crippen LogP contribution is 2.35. The Morgan fingerprint density at radius 1 is 1.03 bits per heavy atom. The van der Waals surface area contributed by atoms with E-state index in [1.807, 2.05) is 18.2 Å². The quantitative estimate of drug-likeness (QED) is 0.591. The minimum atomic E-state index is 0.543. The molecule has 0 aliphatic carbocycles. The molecule has 4 rings (SSSR count). The lowest BCUT2D eigenvalue weighted by molar-refractivity contribution is 0.395. The van der Waals surface area contributed by atoms with Gasteiger partial charge in [-0.25, -0.2) is 9.97 Å². The standard InChI is InChI=1S/C24H29N5O2/c1-30-19-8-9-20(21(15-19)31-2)28-23-22(25)24(27-16-26-23)29-12-10-18(11-13-29)14-17-6-4-3-5-7-17/h3-9,15-16,18H,10-14,25H2,1-2H3,(H,26,27,28). The Morgan fingerprint density at radius 3 is 2.52 bits per heavy atom. The van der Waals surface area contributed by atoms with E-state index in [0.717, 1.165) is 49.6 Å². The summed E-state index contributed by atoms with van der Waals surface area (Å²) >= 11 is 0. The molecule has 7 nitrogen and oxygen atoms in total. The molecule has 7 heteroatoms. The SMILES string of the molecule is COc1ccc(Nc2ncnc(N3CCC(Cc4ccccc4)CC3)c2N)c(OC)c1. The molecule has 1 saturated heterocycles. The highest BCUT2D eigenvalue weighted by Gasteiger charge is 2.23. The number of rotatable bonds is 7. The third-order valence-electron chi connectivity index (χ3n) is 5.81. The molecular weight excluding hydrogens is 390 g/mol. The van der Waals surface area contributed by atoms with E-state index in [1.165, 1.54) is 5.56 Å². The third-order valence-corrected chi connectivity index (χ3v) is 5.81. The predicted molar refractivity (Wildman–Crippen MR) is 124 cm³/mol. The highest BCUT2D eigenvalue weighted by molar-refractivity contribution is 5.80. The molecule has 31 heavy (non-hydrogen) atoms. The second-order valence-electron chi connectivity index (χ2n) is 7.77. The van der Waals surface area contributed by atoms with E-state index < -0.39 is 0 Å². The van der Waals surface area contributed by atoms with Crippen LogP contribution in [-0.4, -0.2) is 37.3 Å². The van der Waals surface area contributed by atoms with Gasteiger partial charge in [-0.3, -0.25) is 0 Å². The number of nitrogens with one attached hydrogen (secondary N) is 1. The van der Waals surface area contributed by atoms with E-state index in [-0.39, 0.29) is 0 Å². The maximum absolute atomic E-state index is 6.47. The molecule has 3 N–H and O–H groups in total. The Morgan fingerprint density at radius 2 is 1.81 bits per heavy atom. The summed E-state index contributed by atoms with van der Waals surface area (Å²) in [4.78, 5) is 11.1. The lowest BCUT2D eigenvalue weighted by Gasteiger charge is -2.33. The summed E-state index contributed by atoms with van der Waals surface area (Å²) in [5.41, 5.74) is 9.19. The van der Waals surface area contributed by atoms with Crippen LogP contribution in [0.15, 0.2) is 54.9 Å². The van der Waals surface area contributed by atoms with Crippen molar-refractivity contribution in [2.45, 2.75) is 19.3 Å². The van der Waals surface area contributed by atoms with E-state index >= 15 is 0 Å². The summed E-state index contributed by atoms with van der Waals surface area (Å²) in [6.07, 6.45) is 4.92. The van der Waals surface area contributed by atoms with Crippen LogP contribution in [0.25, 0.3) is 0 Å². The van der Waals surface area contributed by atoms with Gasteiger partial charge >= 0.3 is 0 Å². The van der Waals surface area contributed by atoms with Gasteiger partial charge in [-0.2, -0.15) is 0 Å². The maximum atomic E-state index is 6.47. The lowest BCUT2D eigenvalue weighted by atomic mass is 9.90. The molecule has 2 aromatic carbocycles. The summed E-state index contributed by atoms with van der Waals surface area (Å²) in [5, 5.41) is 3.28. The lowest BCUT2D eigenvalue weighted by Crippen LogP contribution is -2.35. The number of ether oxygens (including phenoxy) is 2. The number of nitrogen functional groups attached to an aromatic ring is 1. The van der Waals surface area contributed by atoms with Crippen molar-refractivity contribution in [2.24, 2.45) is 5.92 Å². The van der Waals surface area contributed by atoms with Crippen LogP contribution in [0.5, 0.6) is 11.5 Å². The van der Waals surface area contributed by atoms with Gasteiger partial charge in [-0.05, 0) is 42.9 Å². The molecule has 0 unspecified atom stereocenters. The fourth-order valence-corrected chi connectivity index (χ4v) is 4.06. The summed E-state index contributed by atoms with van der Waals surface area (Å²) in [6, 6.07) is 16.3. The molecule has 0 spiro atoms. The van der Waals surface area contributed by atoms with Gasteiger partial charge in [0.2, 0.25) is 0 Å². The minimum Gasteiger partial charge on any atom is -0.497 e. The summed E-state index contributed by atoms with van der Waals surface area (Å²) in [7, 11) is 3.24. The first kappa shape index (κ1) is 20.8. The van der Waals surface area contributed by atoms with Gasteiger partial charge in [0.1, 0.15) is 23.5 Å². The number of nitrogens with zero attached hydrogens (tertiary/aromatic N) is 3. The smallest absolute Gasteiger partial charge is 0.159 e. The van der Waals surface area contributed by atoms with E-state index in [4.69, 9.17) is 15.2 Å². The van der Waals surface area contributed by atoms with Crippen molar-refractivity contribution in [3.05, 3.63) is 60.4 Å². The molecule has 162 valence electrons. The van der Waals surface area contributed by atoms with Crippen molar-refractivity contribution < 1.29 is 9.47 Å². The zero-order valence-corrected chi connectivity index (χ0v) is 18.0. The van der Waals surface area contributed by atoms with Crippen molar-refractivity contribution >= 4 is 23.0 Å². The number of aromatic nitrogens is 2. The van der Waals surface area contributed by atoms with Crippen LogP contribution < -0.4 is 25.4 Å². The second kappa shape index (κ2) is 9.55. The number of methoxy groups -OCH3 is 2. The first-order valence-electron chi connectivity index (χ1n) is 10.6. The second-order valence-corrected chi connectivity index (χ2v) is 7.77. The molecule has 1 aliphatic heterocycles. The van der Waals surface area contributed by atoms with Crippen LogP contribution in [-0.2, 0) is 6.42 Å². The number of hydrogen-bond acceptors (Lipinski definition) is 7. The molecule has 1 aromatic heterocycles. The Balaban J connectivity index is 1.45. The molecule has 1 aliphatic rings. The first-order valence-corrected chi connectivity index (χ1v) is 10.6. The van der Waals surface area contributed by atoms with Crippen LogP contribution in [0.1, 0.15) is 18.4 Å². The molecular formula is C24H29N5O2. The Hall–Kier alpha value is -3.48. The summed E-state index contributed by atoms with van der Waals surface area (Å²) in [5.74, 6) is 3.41. The molecule has 3 aromatic rings. The molecule has 0 bridgehead atoms. The first-order chi connectivity index (χ1) is 15.2. The number of benzene rings is 2. The number of anilines is 4. The largest absolute Gasteiger partial charge is 0.497 e. The average Bonchev–Trinajstić information content (AvgIpc) is 2.82. The topological polar surface area (TPSA) is 85.5 Å². The number of hydrogen-bond donors (Lipinski definition) is 2. The fraction of sp³-hybridized carbons (Fsp3) is 0.333. The van der Waals surface area contributed by atoms with Gasteiger partial charge in [0.05, 0.1) is 19.9 Å². The molecule has 0 amide bonds. The molecule has 0 saturated carbocycles. The van der Waals surface area contributed by atoms with Gasteiger partial charge in [-0.15, -0.1) is 0 Å². The minimum absolute atomic E-state index is 0.543. The Labute approximate surface area is 183 Å². The van der Waals surface area contributed by atoms with Gasteiger partial charge in [-0.1, -0.05) is 30.3 Å². The van der Waals surface area contributed by atoms with Crippen LogP contribution in [0, 0.1) is 5.92 Å². The van der Waals surface area contributed by atoms with Gasteiger partial charge < -0.3 is 25.4 Å². The zero-order chi connectivity index (χ0) is 21.6. The highest BCUT2D eigenvalue weighted by atomic mass is 16.5. The number of piperidine rings is 1. The molecule has 0 atom stereocenters. The van der Waals surface area contributed by atoms with Crippen LogP contribution >= 0.6 is 0 Å². The summed E-state index contributed by atoms with van der Waals surface area (Å²) in [6.45, 7) is 1.87. The maximum Gasteiger partial charge on any atom is 0.159 e. The van der Waals surface area contributed by atoms with Crippen LogP contribution in [0.3, 0.4) is 0 Å². The van der Waals surface area contributed by atoms with Crippen LogP contribution in [0.4, 0.5) is 23.0 Å². The predicted octanol–water partition coefficient (Wildman–Crippen LogP) is 4.28. The van der Waals surface area contributed by atoms with Gasteiger partial charge in [0.15, 0.2) is 11.6 Å². The van der Waals surface area contributed by atoms with Crippen LogP contribution in [0.2, 0.25) is 0 Å². The zero-order valence-electron chi connectivity index (χ0n) is 18.0. The Kier molecular flexibility index (Phi) is 6.40.